The first-order valence-electron chi connectivity index (χ1n) is 17.5. The lowest BCUT2D eigenvalue weighted by Crippen LogP contribution is -2.43. The third-order valence-corrected chi connectivity index (χ3v) is 11.5. The van der Waals surface area contributed by atoms with Gasteiger partial charge >= 0.3 is 5.97 Å². The highest BCUT2D eigenvalue weighted by Crippen LogP contribution is 2.41. The molecule has 278 valence electrons. The maximum absolute atomic E-state index is 13.8. The van der Waals surface area contributed by atoms with Gasteiger partial charge in [0.25, 0.3) is 17.7 Å². The highest BCUT2D eigenvalue weighted by atomic mass is 35.5. The number of carbonyl (C=O) groups excluding carboxylic acids is 5. The number of rotatable bonds is 10. The van der Waals surface area contributed by atoms with Gasteiger partial charge in [0.15, 0.2) is 12.1 Å². The lowest BCUT2D eigenvalue weighted by atomic mass is 9.99. The SMILES string of the molecule is COC(=O)C[C@@H]1N=C(c2ccc(Cl)cc2)c2c(sc(C(=O)NCCCNc3cccc4c3C(=O)N(C3CCC(=O)NC5OC53)C4=O)c2C)-n2c(C)nnc21. The summed E-state index contributed by atoms with van der Waals surface area (Å²) >= 11 is 7.51. The quantitative estimate of drug-likeness (QED) is 0.0924. The van der Waals surface area contributed by atoms with Gasteiger partial charge in [0.05, 0.1) is 41.3 Å². The highest BCUT2D eigenvalue weighted by Gasteiger charge is 2.54. The third kappa shape index (κ3) is 6.23. The van der Waals surface area contributed by atoms with Crippen molar-refractivity contribution in [3.63, 3.8) is 0 Å². The van der Waals surface area contributed by atoms with Gasteiger partial charge in [-0.15, -0.1) is 21.5 Å². The van der Waals surface area contributed by atoms with Crippen LogP contribution in [0.15, 0.2) is 47.5 Å². The fraction of sp³-hybridized carbons (Fsp3) is 0.351. The number of nitrogens with one attached hydrogen (secondary N) is 3. The van der Waals surface area contributed by atoms with Crippen LogP contribution in [0.2, 0.25) is 5.02 Å². The van der Waals surface area contributed by atoms with E-state index >= 15 is 0 Å². The minimum Gasteiger partial charge on any atom is -0.469 e. The molecule has 4 amide bonds. The molecule has 0 radical (unpaired) electrons. The first-order chi connectivity index (χ1) is 26.0. The van der Waals surface area contributed by atoms with E-state index < -0.39 is 42.2 Å². The molecule has 3 N–H and O–H groups in total. The first kappa shape index (κ1) is 35.6. The summed E-state index contributed by atoms with van der Waals surface area (Å²) in [5, 5.41) is 19.0. The number of hydrogen-bond donors (Lipinski definition) is 3. The number of nitrogens with zero attached hydrogens (tertiary/aromatic N) is 5. The van der Waals surface area contributed by atoms with Crippen molar-refractivity contribution >= 4 is 63.9 Å². The number of aliphatic imine (C=N–C) groups is 1. The van der Waals surface area contributed by atoms with E-state index in [4.69, 9.17) is 26.1 Å². The summed E-state index contributed by atoms with van der Waals surface area (Å²) in [6, 6.07) is 11.1. The summed E-state index contributed by atoms with van der Waals surface area (Å²) in [5.41, 5.74) is 3.90. The van der Waals surface area contributed by atoms with Crippen molar-refractivity contribution in [1.29, 1.82) is 0 Å². The number of benzene rings is 2. The Morgan fingerprint density at radius 3 is 2.63 bits per heavy atom. The number of fused-ring (bicyclic) bond motifs is 5. The predicted molar refractivity (Wildman–Crippen MR) is 197 cm³/mol. The van der Waals surface area contributed by atoms with Crippen LogP contribution >= 0.6 is 22.9 Å². The number of imide groups is 1. The fourth-order valence-electron chi connectivity index (χ4n) is 7.31. The van der Waals surface area contributed by atoms with E-state index in [1.54, 1.807) is 37.3 Å². The molecule has 54 heavy (non-hydrogen) atoms. The summed E-state index contributed by atoms with van der Waals surface area (Å²) < 4.78 is 12.4. The molecule has 4 aliphatic heterocycles. The lowest BCUT2D eigenvalue weighted by Gasteiger charge is -2.23. The van der Waals surface area contributed by atoms with Crippen LogP contribution in [-0.2, 0) is 19.1 Å². The predicted octanol–water partition coefficient (Wildman–Crippen LogP) is 3.89. The number of halogens is 1. The number of hydrogen-bond acceptors (Lipinski definition) is 12. The Morgan fingerprint density at radius 1 is 1.06 bits per heavy atom. The van der Waals surface area contributed by atoms with Gasteiger partial charge in [0.1, 0.15) is 23.0 Å². The molecule has 0 bridgehead atoms. The van der Waals surface area contributed by atoms with Crippen LogP contribution in [0.5, 0.6) is 0 Å². The molecule has 4 aromatic rings. The molecule has 0 saturated carbocycles. The molecule has 8 rings (SSSR count). The van der Waals surface area contributed by atoms with Crippen molar-refractivity contribution in [3.05, 3.63) is 91.8 Å². The average Bonchev–Trinajstić information content (AvgIpc) is 3.67. The molecule has 2 aromatic heterocycles. The van der Waals surface area contributed by atoms with E-state index in [0.717, 1.165) is 11.1 Å². The molecule has 6 heterocycles. The monoisotopic (exact) mass is 770 g/mol. The number of thiophene rings is 1. The maximum atomic E-state index is 13.8. The molecule has 4 aliphatic rings. The smallest absolute Gasteiger partial charge is 0.308 e. The Labute approximate surface area is 318 Å². The average molecular weight is 771 g/mol. The summed E-state index contributed by atoms with van der Waals surface area (Å²) in [6.07, 6.45) is 0.104. The van der Waals surface area contributed by atoms with Gasteiger partial charge in [-0.1, -0.05) is 29.8 Å². The highest BCUT2D eigenvalue weighted by molar-refractivity contribution is 7.17. The second-order valence-electron chi connectivity index (χ2n) is 13.4. The van der Waals surface area contributed by atoms with E-state index in [1.807, 2.05) is 23.6 Å². The van der Waals surface area contributed by atoms with Crippen molar-refractivity contribution in [2.75, 3.05) is 25.5 Å². The first-order valence-corrected chi connectivity index (χ1v) is 18.7. The summed E-state index contributed by atoms with van der Waals surface area (Å²) in [7, 11) is 1.32. The number of ether oxygens (including phenoxy) is 2. The number of aromatic nitrogens is 3. The molecule has 3 unspecified atom stereocenters. The topological polar surface area (TPSA) is 190 Å². The number of epoxide rings is 1. The molecule has 2 fully saturated rings. The van der Waals surface area contributed by atoms with Crippen LogP contribution in [0, 0.1) is 13.8 Å². The third-order valence-electron chi connectivity index (χ3n) is 10.0. The van der Waals surface area contributed by atoms with Crippen molar-refractivity contribution in [3.8, 4) is 5.00 Å². The van der Waals surface area contributed by atoms with Gasteiger partial charge in [-0.25, -0.2) is 0 Å². The maximum Gasteiger partial charge on any atom is 0.308 e. The number of esters is 1. The van der Waals surface area contributed by atoms with Gasteiger partial charge < -0.3 is 25.4 Å². The zero-order valence-electron chi connectivity index (χ0n) is 29.5. The number of amides is 4. The van der Waals surface area contributed by atoms with Crippen LogP contribution in [0.4, 0.5) is 5.69 Å². The van der Waals surface area contributed by atoms with Crippen molar-refractivity contribution < 1.29 is 33.4 Å². The Balaban J connectivity index is 0.980. The zero-order valence-corrected chi connectivity index (χ0v) is 31.0. The Hall–Kier alpha value is -5.45. The molecule has 2 aromatic carbocycles. The van der Waals surface area contributed by atoms with E-state index in [9.17, 15) is 24.0 Å². The lowest BCUT2D eigenvalue weighted by molar-refractivity contribution is -0.141. The molecule has 15 nitrogen and oxygen atoms in total. The summed E-state index contributed by atoms with van der Waals surface area (Å²) in [6.45, 7) is 4.41. The van der Waals surface area contributed by atoms with Gasteiger partial charge in [-0.2, -0.15) is 0 Å². The number of methoxy groups -OCH3 is 1. The number of carbonyl (C=O) groups is 5. The molecule has 0 aliphatic carbocycles. The molecular weight excluding hydrogens is 736 g/mol. The van der Waals surface area contributed by atoms with Crippen LogP contribution in [0.25, 0.3) is 5.00 Å². The van der Waals surface area contributed by atoms with Gasteiger partial charge in [0, 0.05) is 41.3 Å². The fourth-order valence-corrected chi connectivity index (χ4v) is 8.72. The Morgan fingerprint density at radius 2 is 1.85 bits per heavy atom. The molecule has 4 atom stereocenters. The second-order valence-corrected chi connectivity index (χ2v) is 14.8. The van der Waals surface area contributed by atoms with Crippen molar-refractivity contribution in [1.82, 2.24) is 30.3 Å². The van der Waals surface area contributed by atoms with Crippen molar-refractivity contribution in [2.24, 2.45) is 4.99 Å². The van der Waals surface area contributed by atoms with Gasteiger partial charge in [-0.05, 0) is 56.5 Å². The van der Waals surface area contributed by atoms with Crippen molar-refractivity contribution in [2.45, 2.75) is 63.9 Å². The normalized spacial score (nSPS) is 21.1. The molecular formula is C37H35ClN8O7S. The minimum atomic E-state index is -0.685. The largest absolute Gasteiger partial charge is 0.469 e. The minimum absolute atomic E-state index is 0.0498. The number of anilines is 1. The van der Waals surface area contributed by atoms with E-state index in [0.29, 0.717) is 80.6 Å². The second kappa shape index (κ2) is 14.1. The van der Waals surface area contributed by atoms with E-state index in [2.05, 4.69) is 26.1 Å². The molecule has 17 heteroatoms. The van der Waals surface area contributed by atoms with E-state index in [1.165, 1.54) is 23.3 Å². The Kier molecular flexibility index (Phi) is 9.27. The van der Waals surface area contributed by atoms with Crippen LogP contribution in [0.1, 0.15) is 90.5 Å². The van der Waals surface area contributed by atoms with Crippen LogP contribution in [-0.4, -0.2) is 93.5 Å². The Bertz CT molecular complexity index is 2270. The number of aryl methyl sites for hydroxylation is 1. The zero-order chi connectivity index (χ0) is 37.8. The van der Waals surface area contributed by atoms with Crippen LogP contribution < -0.4 is 16.0 Å². The van der Waals surface area contributed by atoms with E-state index in [-0.39, 0.29) is 24.7 Å². The summed E-state index contributed by atoms with van der Waals surface area (Å²) in [4.78, 5) is 72.1. The molecule has 2 saturated heterocycles. The van der Waals surface area contributed by atoms with Gasteiger partial charge in [-0.3, -0.25) is 38.4 Å². The standard InChI is InChI=1S/C37H35ClN8O7S/c1-17-27-29(19-8-10-20(38)11-9-19)41-23(16-26(48)52-3)32-44-43-18(2)45(32)37(27)54-31(17)33(49)40-15-5-14-39-22-7-4-6-21-28(22)36(51)46(35(21)50)24-12-13-25(47)42-34-30(24)53-34/h4,6-11,23-24,30,34,39H,5,12-16H2,1-3H3,(H,40,49)(H,42,47)/t23-,24?,30?,34?/m0/s1. The van der Waals surface area contributed by atoms with Crippen LogP contribution in [0.3, 0.4) is 0 Å². The van der Waals surface area contributed by atoms with Gasteiger partial charge in [0.2, 0.25) is 5.91 Å². The summed E-state index contributed by atoms with van der Waals surface area (Å²) in [5.74, 6) is -0.659. The molecule has 0 spiro atoms.